The maximum atomic E-state index is 10.7. The minimum atomic E-state index is -1.95. The van der Waals surface area contributed by atoms with E-state index in [-0.39, 0.29) is 0 Å². The lowest BCUT2D eigenvalue weighted by Gasteiger charge is -2.37. The quantitative estimate of drug-likeness (QED) is 0.593. The van der Waals surface area contributed by atoms with Crippen LogP contribution in [-0.4, -0.2) is 21.7 Å². The zero-order valence-electron chi connectivity index (χ0n) is 11.4. The van der Waals surface area contributed by atoms with Gasteiger partial charge in [0, 0.05) is 12.7 Å². The lowest BCUT2D eigenvalue weighted by molar-refractivity contribution is 0.112. The third-order valence-corrected chi connectivity index (χ3v) is 8.89. The van der Waals surface area contributed by atoms with Crippen LogP contribution in [0.3, 0.4) is 0 Å². The molecule has 1 rings (SSSR count). The third kappa shape index (κ3) is 2.50. The minimum Gasteiger partial charge on any atom is -0.415 e. The van der Waals surface area contributed by atoms with Crippen LogP contribution in [0.2, 0.25) is 11.1 Å². The van der Waals surface area contributed by atoms with Gasteiger partial charge in [0.05, 0.1) is 0 Å². The highest BCUT2D eigenvalue weighted by molar-refractivity contribution is 6.88. The molecule has 0 amide bonds. The smallest absolute Gasteiger partial charge is 0.228 e. The molecule has 0 radical (unpaired) electrons. The van der Waals surface area contributed by atoms with Gasteiger partial charge in [-0.05, 0) is 16.3 Å². The van der Waals surface area contributed by atoms with Crippen molar-refractivity contribution >= 4 is 19.8 Å². The van der Waals surface area contributed by atoms with Gasteiger partial charge in [0.25, 0.3) is 0 Å². The average molecular weight is 250 g/mol. The molecule has 0 aliphatic carbocycles. The molecule has 0 atom stereocenters. The van der Waals surface area contributed by atoms with Gasteiger partial charge in [0.2, 0.25) is 8.32 Å². The fraction of sp³-hybridized carbons (Fsp3) is 0.500. The van der Waals surface area contributed by atoms with Crippen LogP contribution in [0.1, 0.15) is 38.1 Å². The molecule has 0 saturated heterocycles. The van der Waals surface area contributed by atoms with Crippen molar-refractivity contribution in [1.29, 1.82) is 0 Å². The van der Waals surface area contributed by atoms with Crippen LogP contribution in [0, 0.1) is 0 Å². The van der Waals surface area contributed by atoms with Gasteiger partial charge in [-0.25, -0.2) is 0 Å². The lowest BCUT2D eigenvalue weighted by atomic mass is 10.2. The first kappa shape index (κ1) is 14.1. The molecule has 17 heavy (non-hydrogen) atoms. The molecule has 0 spiro atoms. The molecule has 3 heteroatoms. The summed E-state index contributed by atoms with van der Waals surface area (Å²) in [7, 11) is -0.133. The first-order valence-corrected chi connectivity index (χ1v) is 8.16. The maximum absolute atomic E-state index is 10.7. The van der Waals surface area contributed by atoms with Crippen LogP contribution >= 0.6 is 0 Å². The van der Waals surface area contributed by atoms with E-state index in [4.69, 9.17) is 4.43 Å². The number of hydrogen-bond acceptors (Lipinski definition) is 2. The molecule has 0 aliphatic rings. The largest absolute Gasteiger partial charge is 0.415 e. The fourth-order valence-corrected chi connectivity index (χ4v) is 7.28. The molecule has 0 bridgehead atoms. The summed E-state index contributed by atoms with van der Waals surface area (Å²) in [4.78, 5) is 10.7. The predicted octanol–water partition coefficient (Wildman–Crippen LogP) is 3.12. The molecule has 0 heterocycles. The van der Waals surface area contributed by atoms with E-state index in [1.54, 1.807) is 0 Å². The van der Waals surface area contributed by atoms with Gasteiger partial charge in [-0.1, -0.05) is 52.0 Å². The molecule has 0 saturated carbocycles. The second kappa shape index (κ2) is 5.60. The van der Waals surface area contributed by atoms with Crippen LogP contribution in [0.4, 0.5) is 0 Å². The Bertz CT molecular complexity index is 360. The van der Waals surface area contributed by atoms with Crippen LogP contribution in [0.25, 0.3) is 0 Å². The number of carbonyl (C=O) groups excluding carboxylic acids is 1. The van der Waals surface area contributed by atoms with E-state index in [2.05, 4.69) is 39.8 Å². The average Bonchev–Trinajstić information content (AvgIpc) is 2.30. The normalized spacial score (nSPS) is 12.2. The monoisotopic (exact) mass is 250 g/mol. The number of aldehydes is 1. The van der Waals surface area contributed by atoms with Crippen molar-refractivity contribution in [2.75, 3.05) is 7.11 Å². The van der Waals surface area contributed by atoms with Crippen molar-refractivity contribution in [2.45, 2.75) is 38.8 Å². The van der Waals surface area contributed by atoms with Gasteiger partial charge >= 0.3 is 0 Å². The molecule has 0 aliphatic heterocycles. The van der Waals surface area contributed by atoms with Gasteiger partial charge in [-0.2, -0.15) is 0 Å². The fourth-order valence-electron chi connectivity index (χ4n) is 2.74. The number of carbonyl (C=O) groups is 1. The summed E-state index contributed by atoms with van der Waals surface area (Å²) in [5.41, 5.74) is 1.74. The summed E-state index contributed by atoms with van der Waals surface area (Å²) in [6.45, 7) is 8.90. The molecule has 0 fully saturated rings. The first-order valence-electron chi connectivity index (χ1n) is 6.09. The molecule has 1 aromatic rings. The van der Waals surface area contributed by atoms with E-state index in [9.17, 15) is 4.79 Å². The molecular weight excluding hydrogens is 228 g/mol. The molecule has 0 unspecified atom stereocenters. The van der Waals surface area contributed by atoms with Crippen molar-refractivity contribution in [3.63, 3.8) is 0 Å². The van der Waals surface area contributed by atoms with E-state index < -0.39 is 8.32 Å². The highest BCUT2D eigenvalue weighted by Crippen LogP contribution is 2.32. The van der Waals surface area contributed by atoms with E-state index in [0.717, 1.165) is 11.8 Å². The van der Waals surface area contributed by atoms with Gasteiger partial charge in [0.1, 0.15) is 6.29 Å². The zero-order chi connectivity index (χ0) is 13.1. The molecule has 1 aromatic carbocycles. The van der Waals surface area contributed by atoms with Crippen LogP contribution < -0.4 is 5.19 Å². The first-order chi connectivity index (χ1) is 7.98. The van der Waals surface area contributed by atoms with Crippen LogP contribution in [0.15, 0.2) is 24.3 Å². The number of hydrogen-bond donors (Lipinski definition) is 0. The van der Waals surface area contributed by atoms with E-state index in [1.807, 2.05) is 19.2 Å². The Morgan fingerprint density at radius 3 is 1.82 bits per heavy atom. The highest BCUT2D eigenvalue weighted by Gasteiger charge is 2.42. The Kier molecular flexibility index (Phi) is 4.66. The molecule has 0 aromatic heterocycles. The standard InChI is InChI=1S/C14H22O2Si/c1-11(2)17(16-5,12(3)4)14-8-6-13(10-15)7-9-14/h6-12H,1-5H3. The molecule has 0 N–H and O–H groups in total. The van der Waals surface area contributed by atoms with Crippen LogP contribution in [-0.2, 0) is 4.43 Å². The van der Waals surface area contributed by atoms with E-state index in [0.29, 0.717) is 11.1 Å². The molecular formula is C14H22O2Si. The third-order valence-electron chi connectivity index (χ3n) is 3.55. The van der Waals surface area contributed by atoms with E-state index >= 15 is 0 Å². The summed E-state index contributed by atoms with van der Waals surface area (Å²) in [5.74, 6) is 0. The Hall–Kier alpha value is -0.933. The van der Waals surface area contributed by atoms with E-state index in [1.165, 1.54) is 5.19 Å². The Morgan fingerprint density at radius 1 is 1.06 bits per heavy atom. The summed E-state index contributed by atoms with van der Waals surface area (Å²) >= 11 is 0. The maximum Gasteiger partial charge on any atom is 0.228 e. The number of benzene rings is 1. The van der Waals surface area contributed by atoms with Crippen molar-refractivity contribution < 1.29 is 9.22 Å². The zero-order valence-corrected chi connectivity index (χ0v) is 12.4. The highest BCUT2D eigenvalue weighted by atomic mass is 28.4. The Balaban J connectivity index is 3.25. The molecule has 94 valence electrons. The minimum absolute atomic E-state index is 0.509. The summed E-state index contributed by atoms with van der Waals surface area (Å²) in [6, 6.07) is 7.88. The summed E-state index contributed by atoms with van der Waals surface area (Å²) in [6.07, 6.45) is 0.880. The van der Waals surface area contributed by atoms with Crippen molar-refractivity contribution in [2.24, 2.45) is 0 Å². The second-order valence-corrected chi connectivity index (χ2v) is 9.93. The Morgan fingerprint density at radius 2 is 1.53 bits per heavy atom. The van der Waals surface area contributed by atoms with Gasteiger partial charge in [-0.15, -0.1) is 0 Å². The molecule has 2 nitrogen and oxygen atoms in total. The predicted molar refractivity (Wildman–Crippen MR) is 74.4 cm³/mol. The van der Waals surface area contributed by atoms with Gasteiger partial charge in [0.15, 0.2) is 0 Å². The lowest BCUT2D eigenvalue weighted by Crippen LogP contribution is -2.55. The topological polar surface area (TPSA) is 26.3 Å². The van der Waals surface area contributed by atoms with Crippen molar-refractivity contribution in [3.8, 4) is 0 Å². The van der Waals surface area contributed by atoms with Crippen LogP contribution in [0.5, 0.6) is 0 Å². The SMILES string of the molecule is CO[Si](c1ccc(C=O)cc1)(C(C)C)C(C)C. The summed E-state index contributed by atoms with van der Waals surface area (Å²) < 4.78 is 5.97. The van der Waals surface area contributed by atoms with Crippen molar-refractivity contribution in [1.82, 2.24) is 0 Å². The second-order valence-electron chi connectivity index (χ2n) is 5.05. The number of rotatable bonds is 5. The van der Waals surface area contributed by atoms with Gasteiger partial charge < -0.3 is 4.43 Å². The summed E-state index contributed by atoms with van der Waals surface area (Å²) in [5, 5.41) is 1.27. The Labute approximate surface area is 105 Å². The van der Waals surface area contributed by atoms with Gasteiger partial charge in [-0.3, -0.25) is 4.79 Å². The van der Waals surface area contributed by atoms with Crippen molar-refractivity contribution in [3.05, 3.63) is 29.8 Å².